The van der Waals surface area contributed by atoms with Crippen LogP contribution in [-0.2, 0) is 6.54 Å². The monoisotopic (exact) mass is 423 g/mol. The first-order valence-corrected chi connectivity index (χ1v) is 10.9. The van der Waals surface area contributed by atoms with Crippen molar-refractivity contribution in [3.63, 3.8) is 0 Å². The smallest absolute Gasteiger partial charge is 0.273 e. The molecule has 4 aromatic rings. The Morgan fingerprint density at radius 2 is 1.78 bits per heavy atom. The van der Waals surface area contributed by atoms with Gasteiger partial charge >= 0.3 is 0 Å². The van der Waals surface area contributed by atoms with E-state index in [0.717, 1.165) is 33.7 Å². The molecule has 0 saturated heterocycles. The molecule has 1 aromatic heterocycles. The Morgan fingerprint density at radius 3 is 2.53 bits per heavy atom. The number of fused-ring (bicyclic) bond motifs is 1. The van der Waals surface area contributed by atoms with Gasteiger partial charge in [0.05, 0.1) is 18.3 Å². The molecule has 0 aliphatic carbocycles. The maximum absolute atomic E-state index is 13.5. The van der Waals surface area contributed by atoms with E-state index in [1.807, 2.05) is 60.4 Å². The van der Waals surface area contributed by atoms with E-state index < -0.39 is 0 Å². The molecule has 1 aliphatic rings. The maximum atomic E-state index is 13.5. The van der Waals surface area contributed by atoms with Gasteiger partial charge in [-0.25, -0.2) is 0 Å². The van der Waals surface area contributed by atoms with Crippen LogP contribution >= 0.6 is 0 Å². The zero-order valence-corrected chi connectivity index (χ0v) is 18.2. The van der Waals surface area contributed by atoms with Gasteiger partial charge in [-0.3, -0.25) is 9.89 Å². The third-order valence-electron chi connectivity index (χ3n) is 5.87. The molecule has 160 valence electrons. The zero-order chi connectivity index (χ0) is 22.1. The van der Waals surface area contributed by atoms with E-state index >= 15 is 0 Å². The quantitative estimate of drug-likeness (QED) is 0.444. The molecule has 1 atom stereocenters. The van der Waals surface area contributed by atoms with Crippen LogP contribution in [0.4, 0.5) is 0 Å². The van der Waals surface area contributed by atoms with E-state index in [4.69, 9.17) is 4.74 Å². The van der Waals surface area contributed by atoms with Gasteiger partial charge in [0.2, 0.25) is 0 Å². The fraction of sp³-hybridized carbons (Fsp3) is 0.185. The number of aromatic nitrogens is 2. The number of amides is 1. The van der Waals surface area contributed by atoms with Gasteiger partial charge in [-0.15, -0.1) is 0 Å². The van der Waals surface area contributed by atoms with Crippen LogP contribution in [0.2, 0.25) is 0 Å². The number of H-pyrrole nitrogens is 1. The van der Waals surface area contributed by atoms with Crippen molar-refractivity contribution >= 4 is 5.91 Å². The second-order valence-electron chi connectivity index (χ2n) is 8.05. The largest absolute Gasteiger partial charge is 0.494 e. The van der Waals surface area contributed by atoms with Crippen LogP contribution in [0.5, 0.6) is 5.75 Å². The van der Waals surface area contributed by atoms with E-state index in [2.05, 4.69) is 47.5 Å². The van der Waals surface area contributed by atoms with E-state index in [1.54, 1.807) is 0 Å². The first kappa shape index (κ1) is 20.1. The first-order chi connectivity index (χ1) is 15.7. The molecule has 0 bridgehead atoms. The van der Waals surface area contributed by atoms with Crippen LogP contribution in [0, 0.1) is 6.92 Å². The molecule has 0 radical (unpaired) electrons. The minimum atomic E-state index is -0.256. The lowest BCUT2D eigenvalue weighted by Gasteiger charge is -2.27. The average molecular weight is 424 g/mol. The van der Waals surface area contributed by atoms with Gasteiger partial charge in [0.1, 0.15) is 11.4 Å². The highest BCUT2D eigenvalue weighted by atomic mass is 16.5. The Balaban J connectivity index is 1.64. The highest BCUT2D eigenvalue weighted by Crippen LogP contribution is 2.44. The molecule has 0 saturated carbocycles. The molecule has 0 spiro atoms. The predicted molar refractivity (Wildman–Crippen MR) is 125 cm³/mol. The lowest BCUT2D eigenvalue weighted by atomic mass is 9.95. The lowest BCUT2D eigenvalue weighted by Crippen LogP contribution is -2.29. The van der Waals surface area contributed by atoms with Crippen molar-refractivity contribution in [1.82, 2.24) is 15.1 Å². The Labute approximate surface area is 187 Å². The van der Waals surface area contributed by atoms with E-state index in [9.17, 15) is 4.79 Å². The van der Waals surface area contributed by atoms with Crippen LogP contribution in [0.15, 0.2) is 78.9 Å². The second-order valence-corrected chi connectivity index (χ2v) is 8.05. The lowest BCUT2D eigenvalue weighted by molar-refractivity contribution is 0.0730. The maximum Gasteiger partial charge on any atom is 0.273 e. The van der Waals surface area contributed by atoms with Gasteiger partial charge < -0.3 is 9.64 Å². The second kappa shape index (κ2) is 8.35. The van der Waals surface area contributed by atoms with Gasteiger partial charge in [0, 0.05) is 17.7 Å². The SMILES string of the molecule is CCOc1cccc(C2c3c(-c4ccc(C)cc4)n[nH]c3C(=O)N2Cc2ccccc2)c1. The standard InChI is InChI=1S/C27H25N3O2/c1-3-32-22-11-7-10-21(16-22)26-23-24(20-14-12-18(2)13-15-20)28-29-25(23)27(31)30(26)17-19-8-5-4-6-9-19/h4-16,26H,3,17H2,1-2H3,(H,28,29). The molecule has 2 heterocycles. The summed E-state index contributed by atoms with van der Waals surface area (Å²) in [6, 6.07) is 26.1. The zero-order valence-electron chi connectivity index (χ0n) is 18.2. The van der Waals surface area contributed by atoms with Gasteiger partial charge in [0.15, 0.2) is 0 Å². The summed E-state index contributed by atoms with van der Waals surface area (Å²) in [5.41, 5.74) is 6.56. The number of hydrogen-bond acceptors (Lipinski definition) is 3. The van der Waals surface area contributed by atoms with Crippen molar-refractivity contribution in [2.45, 2.75) is 26.4 Å². The summed E-state index contributed by atoms with van der Waals surface area (Å²) in [6.45, 7) is 5.13. The number of nitrogens with zero attached hydrogens (tertiary/aromatic N) is 2. The molecular weight excluding hydrogens is 398 g/mol. The van der Waals surface area contributed by atoms with Crippen LogP contribution in [-0.4, -0.2) is 27.6 Å². The highest BCUT2D eigenvalue weighted by Gasteiger charge is 2.42. The third kappa shape index (κ3) is 3.56. The van der Waals surface area contributed by atoms with Gasteiger partial charge in [-0.05, 0) is 37.1 Å². The van der Waals surface area contributed by atoms with Crippen molar-refractivity contribution in [1.29, 1.82) is 0 Å². The number of ether oxygens (including phenoxy) is 1. The van der Waals surface area contributed by atoms with Crippen molar-refractivity contribution in [3.8, 4) is 17.0 Å². The summed E-state index contributed by atoms with van der Waals surface area (Å²) < 4.78 is 5.76. The number of aromatic amines is 1. The highest BCUT2D eigenvalue weighted by molar-refractivity contribution is 6.00. The molecule has 1 unspecified atom stereocenters. The van der Waals surface area contributed by atoms with Gasteiger partial charge in [-0.1, -0.05) is 72.3 Å². The summed E-state index contributed by atoms with van der Waals surface area (Å²) >= 11 is 0. The molecule has 32 heavy (non-hydrogen) atoms. The van der Waals surface area contributed by atoms with Crippen molar-refractivity contribution in [2.24, 2.45) is 0 Å². The molecule has 0 fully saturated rings. The number of aryl methyl sites for hydroxylation is 1. The van der Waals surface area contributed by atoms with Crippen molar-refractivity contribution in [2.75, 3.05) is 6.61 Å². The molecule has 3 aromatic carbocycles. The minimum Gasteiger partial charge on any atom is -0.494 e. The Morgan fingerprint density at radius 1 is 1.00 bits per heavy atom. The Kier molecular flexibility index (Phi) is 5.23. The number of nitrogens with one attached hydrogen (secondary N) is 1. The topological polar surface area (TPSA) is 58.2 Å². The summed E-state index contributed by atoms with van der Waals surface area (Å²) in [5, 5.41) is 7.59. The van der Waals surface area contributed by atoms with E-state index in [-0.39, 0.29) is 11.9 Å². The number of rotatable bonds is 6. The number of carbonyl (C=O) groups is 1. The molecule has 5 heteroatoms. The predicted octanol–water partition coefficient (Wildman–Crippen LogP) is 5.53. The fourth-order valence-electron chi connectivity index (χ4n) is 4.36. The number of carbonyl (C=O) groups excluding carboxylic acids is 1. The molecule has 1 N–H and O–H groups in total. The molecule has 5 nitrogen and oxygen atoms in total. The summed E-state index contributed by atoms with van der Waals surface area (Å²) in [5.74, 6) is 0.757. The number of hydrogen-bond donors (Lipinski definition) is 1. The molecular formula is C27H25N3O2. The molecule has 1 aliphatic heterocycles. The minimum absolute atomic E-state index is 0.0403. The van der Waals surface area contributed by atoms with E-state index in [1.165, 1.54) is 5.56 Å². The van der Waals surface area contributed by atoms with Crippen LogP contribution in [0.25, 0.3) is 11.3 Å². The van der Waals surface area contributed by atoms with Crippen LogP contribution < -0.4 is 4.74 Å². The molecule has 5 rings (SSSR count). The number of benzene rings is 3. The van der Waals surface area contributed by atoms with Crippen molar-refractivity contribution < 1.29 is 9.53 Å². The fourth-order valence-corrected chi connectivity index (χ4v) is 4.36. The summed E-state index contributed by atoms with van der Waals surface area (Å²) in [4.78, 5) is 15.4. The summed E-state index contributed by atoms with van der Waals surface area (Å²) in [7, 11) is 0. The Bertz CT molecular complexity index is 1250. The summed E-state index contributed by atoms with van der Waals surface area (Å²) in [6.07, 6.45) is 0. The normalized spacial score (nSPS) is 15.1. The van der Waals surface area contributed by atoms with Gasteiger partial charge in [0.25, 0.3) is 5.91 Å². The molecule has 1 amide bonds. The van der Waals surface area contributed by atoms with E-state index in [0.29, 0.717) is 18.8 Å². The average Bonchev–Trinajstić information content (AvgIpc) is 3.35. The first-order valence-electron chi connectivity index (χ1n) is 10.9. The van der Waals surface area contributed by atoms with Gasteiger partial charge in [-0.2, -0.15) is 5.10 Å². The van der Waals surface area contributed by atoms with Crippen LogP contribution in [0.1, 0.15) is 45.7 Å². The van der Waals surface area contributed by atoms with Crippen molar-refractivity contribution in [3.05, 3.63) is 107 Å². The third-order valence-corrected chi connectivity index (χ3v) is 5.87. The Hall–Kier alpha value is -3.86. The van der Waals surface area contributed by atoms with Crippen LogP contribution in [0.3, 0.4) is 0 Å².